The molecule has 2 heterocycles. The van der Waals surface area contributed by atoms with Gasteiger partial charge in [0, 0.05) is 57.2 Å². The quantitative estimate of drug-likeness (QED) is 0.595. The fourth-order valence-electron chi connectivity index (χ4n) is 4.12. The van der Waals surface area contributed by atoms with Gasteiger partial charge in [0.05, 0.1) is 0 Å². The number of benzene rings is 1. The highest BCUT2D eigenvalue weighted by atomic mass is 19.1. The molecule has 2 N–H and O–H groups in total. The fraction of sp³-hybridized carbons (Fsp3) is 0.667. The molecular formula is C21H34FN5O. The highest BCUT2D eigenvalue weighted by Gasteiger charge is 2.35. The molecule has 2 aliphatic rings. The van der Waals surface area contributed by atoms with Gasteiger partial charge in [-0.3, -0.25) is 4.99 Å². The third-order valence-electron chi connectivity index (χ3n) is 6.19. The molecule has 0 aromatic heterocycles. The number of anilines is 1. The number of rotatable bonds is 5. The van der Waals surface area contributed by atoms with E-state index in [0.29, 0.717) is 6.04 Å². The maximum atomic E-state index is 13.5. The SMILES string of the molecule is CN=C(NCC1(N(C)C)CCOCC1)NC1CCN(c2cccc(F)c2)CC1. The van der Waals surface area contributed by atoms with Crippen LogP contribution in [0.15, 0.2) is 29.3 Å². The van der Waals surface area contributed by atoms with Crippen molar-refractivity contribution in [1.82, 2.24) is 15.5 Å². The van der Waals surface area contributed by atoms with Gasteiger partial charge >= 0.3 is 0 Å². The molecule has 0 amide bonds. The van der Waals surface area contributed by atoms with E-state index in [0.717, 1.165) is 70.2 Å². The van der Waals surface area contributed by atoms with E-state index < -0.39 is 0 Å². The van der Waals surface area contributed by atoms with Crippen molar-refractivity contribution in [2.45, 2.75) is 37.3 Å². The van der Waals surface area contributed by atoms with Gasteiger partial charge in [0.15, 0.2) is 5.96 Å². The van der Waals surface area contributed by atoms with Crippen LogP contribution >= 0.6 is 0 Å². The molecule has 0 atom stereocenters. The fourth-order valence-corrected chi connectivity index (χ4v) is 4.12. The van der Waals surface area contributed by atoms with Gasteiger partial charge in [0.1, 0.15) is 5.82 Å². The maximum Gasteiger partial charge on any atom is 0.191 e. The average Bonchev–Trinajstić information content (AvgIpc) is 2.72. The maximum absolute atomic E-state index is 13.5. The van der Waals surface area contributed by atoms with E-state index in [2.05, 4.69) is 39.5 Å². The second kappa shape index (κ2) is 9.56. The largest absolute Gasteiger partial charge is 0.381 e. The number of aliphatic imine (C=N–C) groups is 1. The Morgan fingerprint density at radius 3 is 2.61 bits per heavy atom. The first-order chi connectivity index (χ1) is 13.5. The van der Waals surface area contributed by atoms with Crippen LogP contribution in [0.25, 0.3) is 0 Å². The minimum Gasteiger partial charge on any atom is -0.381 e. The molecule has 0 aliphatic carbocycles. The van der Waals surface area contributed by atoms with Gasteiger partial charge in [-0.2, -0.15) is 0 Å². The summed E-state index contributed by atoms with van der Waals surface area (Å²) in [6, 6.07) is 7.24. The van der Waals surface area contributed by atoms with Gasteiger partial charge in [-0.1, -0.05) is 6.07 Å². The van der Waals surface area contributed by atoms with Crippen molar-refractivity contribution >= 4 is 11.6 Å². The zero-order valence-corrected chi connectivity index (χ0v) is 17.4. The number of hydrogen-bond donors (Lipinski definition) is 2. The number of likely N-dealkylation sites (N-methyl/N-ethyl adjacent to an activating group) is 1. The van der Waals surface area contributed by atoms with Crippen LogP contribution in [-0.2, 0) is 4.74 Å². The smallest absolute Gasteiger partial charge is 0.191 e. The molecule has 7 heteroatoms. The molecule has 0 unspecified atom stereocenters. The standard InChI is InChI=1S/C21H34FN5O/c1-23-20(24-16-21(26(2)3)9-13-28-14-10-21)25-18-7-11-27(12-8-18)19-6-4-5-17(22)15-19/h4-6,15,18H,7-14,16H2,1-3H3,(H2,23,24,25). The number of nitrogens with zero attached hydrogens (tertiary/aromatic N) is 3. The highest BCUT2D eigenvalue weighted by Crippen LogP contribution is 2.25. The first-order valence-electron chi connectivity index (χ1n) is 10.3. The van der Waals surface area contributed by atoms with Crippen LogP contribution < -0.4 is 15.5 Å². The summed E-state index contributed by atoms with van der Waals surface area (Å²) in [5.74, 6) is 0.683. The second-order valence-corrected chi connectivity index (χ2v) is 8.04. The molecule has 6 nitrogen and oxygen atoms in total. The summed E-state index contributed by atoms with van der Waals surface area (Å²) < 4.78 is 19.0. The van der Waals surface area contributed by atoms with Crippen molar-refractivity contribution in [3.05, 3.63) is 30.1 Å². The minimum atomic E-state index is -0.176. The van der Waals surface area contributed by atoms with Gasteiger partial charge in [0.2, 0.25) is 0 Å². The Labute approximate surface area is 168 Å². The predicted octanol–water partition coefficient (Wildman–Crippen LogP) is 2.07. The summed E-state index contributed by atoms with van der Waals surface area (Å²) in [4.78, 5) is 8.99. The minimum absolute atomic E-state index is 0.108. The molecule has 2 fully saturated rings. The van der Waals surface area contributed by atoms with E-state index >= 15 is 0 Å². The third kappa shape index (κ3) is 5.14. The summed E-state index contributed by atoms with van der Waals surface area (Å²) in [5, 5.41) is 7.11. The van der Waals surface area contributed by atoms with Crippen LogP contribution in [0.3, 0.4) is 0 Å². The lowest BCUT2D eigenvalue weighted by Crippen LogP contribution is -2.58. The Morgan fingerprint density at radius 1 is 1.29 bits per heavy atom. The summed E-state index contributed by atoms with van der Waals surface area (Å²) in [6.45, 7) is 4.30. The second-order valence-electron chi connectivity index (χ2n) is 8.04. The Balaban J connectivity index is 1.49. The van der Waals surface area contributed by atoms with E-state index in [1.807, 2.05) is 13.1 Å². The molecule has 28 heavy (non-hydrogen) atoms. The Kier molecular flexibility index (Phi) is 7.13. The Bertz CT molecular complexity index is 652. The molecule has 1 aromatic rings. The number of halogens is 1. The van der Waals surface area contributed by atoms with Crippen LogP contribution in [0, 0.1) is 5.82 Å². The molecular weight excluding hydrogens is 357 g/mol. The van der Waals surface area contributed by atoms with Crippen LogP contribution in [-0.4, -0.2) is 76.4 Å². The van der Waals surface area contributed by atoms with Crippen LogP contribution in [0.1, 0.15) is 25.7 Å². The molecule has 156 valence electrons. The lowest BCUT2D eigenvalue weighted by Gasteiger charge is -2.43. The summed E-state index contributed by atoms with van der Waals surface area (Å²) >= 11 is 0. The number of nitrogens with one attached hydrogen (secondary N) is 2. The molecule has 0 radical (unpaired) electrons. The zero-order chi connectivity index (χ0) is 20.0. The number of hydrogen-bond acceptors (Lipinski definition) is 4. The first kappa shape index (κ1) is 20.9. The lowest BCUT2D eigenvalue weighted by molar-refractivity contribution is -0.00503. The predicted molar refractivity (Wildman–Crippen MR) is 113 cm³/mol. The van der Waals surface area contributed by atoms with E-state index in [9.17, 15) is 4.39 Å². The first-order valence-corrected chi connectivity index (χ1v) is 10.3. The van der Waals surface area contributed by atoms with Gasteiger partial charge in [-0.05, 0) is 58.0 Å². The van der Waals surface area contributed by atoms with E-state index in [1.165, 1.54) is 6.07 Å². The molecule has 3 rings (SSSR count). The van der Waals surface area contributed by atoms with Crippen LogP contribution in [0.4, 0.5) is 10.1 Å². The molecule has 1 aromatic carbocycles. The average molecular weight is 392 g/mol. The molecule has 0 spiro atoms. The third-order valence-corrected chi connectivity index (χ3v) is 6.19. The Hall–Kier alpha value is -1.86. The van der Waals surface area contributed by atoms with E-state index in [1.54, 1.807) is 12.1 Å². The van der Waals surface area contributed by atoms with Crippen LogP contribution in [0.5, 0.6) is 0 Å². The monoisotopic (exact) mass is 391 g/mol. The Morgan fingerprint density at radius 2 is 2.00 bits per heavy atom. The van der Waals surface area contributed by atoms with Crippen molar-refractivity contribution in [3.63, 3.8) is 0 Å². The normalized spacial score (nSPS) is 21.0. The molecule has 0 bridgehead atoms. The lowest BCUT2D eigenvalue weighted by atomic mass is 9.88. The summed E-state index contributed by atoms with van der Waals surface area (Å²) in [5.41, 5.74) is 1.07. The summed E-state index contributed by atoms with van der Waals surface area (Å²) in [6.07, 6.45) is 4.06. The molecule has 2 saturated heterocycles. The van der Waals surface area contributed by atoms with Crippen LogP contribution in [0.2, 0.25) is 0 Å². The molecule has 2 aliphatic heterocycles. The molecule has 0 saturated carbocycles. The number of guanidine groups is 1. The topological polar surface area (TPSA) is 52.1 Å². The highest BCUT2D eigenvalue weighted by molar-refractivity contribution is 5.80. The van der Waals surface area contributed by atoms with Crippen molar-refractivity contribution < 1.29 is 9.13 Å². The van der Waals surface area contributed by atoms with Crippen molar-refractivity contribution in [1.29, 1.82) is 0 Å². The summed E-state index contributed by atoms with van der Waals surface area (Å²) in [7, 11) is 6.11. The number of piperidine rings is 1. The number of ether oxygens (including phenoxy) is 1. The van der Waals surface area contributed by atoms with Crippen molar-refractivity contribution in [3.8, 4) is 0 Å². The zero-order valence-electron chi connectivity index (χ0n) is 17.4. The van der Waals surface area contributed by atoms with E-state index in [-0.39, 0.29) is 11.4 Å². The van der Waals surface area contributed by atoms with Gasteiger partial charge in [0.25, 0.3) is 0 Å². The van der Waals surface area contributed by atoms with Crippen molar-refractivity contribution in [2.75, 3.05) is 58.9 Å². The van der Waals surface area contributed by atoms with Crippen molar-refractivity contribution in [2.24, 2.45) is 4.99 Å². The van der Waals surface area contributed by atoms with Gasteiger partial charge < -0.3 is 25.2 Å². The van der Waals surface area contributed by atoms with Gasteiger partial charge in [-0.25, -0.2) is 4.39 Å². The van der Waals surface area contributed by atoms with Gasteiger partial charge in [-0.15, -0.1) is 0 Å². The van der Waals surface area contributed by atoms with E-state index in [4.69, 9.17) is 4.74 Å².